The first kappa shape index (κ1) is 17.9. The van der Waals surface area contributed by atoms with Crippen LogP contribution in [0.25, 0.3) is 0 Å². The predicted molar refractivity (Wildman–Crippen MR) is 94.3 cm³/mol. The molecule has 1 saturated carbocycles. The zero-order valence-electron chi connectivity index (χ0n) is 14.6. The average molecular weight is 353 g/mol. The summed E-state index contributed by atoms with van der Waals surface area (Å²) in [6.45, 7) is 10.2. The topological polar surface area (TPSA) is 49.9 Å². The number of benzene rings is 1. The van der Waals surface area contributed by atoms with E-state index in [0.717, 1.165) is 32.8 Å². The van der Waals surface area contributed by atoms with Gasteiger partial charge in [-0.1, -0.05) is 32.0 Å². The largest absolute Gasteiger partial charge is 0.380 e. The third kappa shape index (κ3) is 3.67. The molecule has 1 aliphatic carbocycles. The molecule has 0 aromatic heterocycles. The van der Waals surface area contributed by atoms with E-state index in [2.05, 4.69) is 18.7 Å². The molecule has 2 fully saturated rings. The molecule has 0 N–H and O–H groups in total. The Morgan fingerprint density at radius 1 is 1.12 bits per heavy atom. The van der Waals surface area contributed by atoms with Crippen LogP contribution in [0.4, 0.5) is 0 Å². The molecule has 3 rings (SSSR count). The summed E-state index contributed by atoms with van der Waals surface area (Å²) in [7, 11) is -3.32. The van der Waals surface area contributed by atoms with Gasteiger partial charge in [0.1, 0.15) is 0 Å². The van der Waals surface area contributed by atoms with E-state index in [4.69, 9.17) is 4.74 Å². The lowest BCUT2D eigenvalue weighted by Gasteiger charge is -2.20. The van der Waals surface area contributed by atoms with Crippen LogP contribution in [0.1, 0.15) is 13.8 Å². The minimum atomic E-state index is -3.32. The fraction of sp³-hybridized carbons (Fsp3) is 0.667. The second-order valence-electron chi connectivity index (χ2n) is 6.73. The molecule has 1 saturated heterocycles. The molecule has 2 unspecified atom stereocenters. The van der Waals surface area contributed by atoms with Crippen molar-refractivity contribution in [3.05, 3.63) is 30.3 Å². The maximum atomic E-state index is 12.6. The van der Waals surface area contributed by atoms with E-state index in [1.807, 2.05) is 6.07 Å². The molecule has 24 heavy (non-hydrogen) atoms. The molecule has 2 aliphatic rings. The lowest BCUT2D eigenvalue weighted by Crippen LogP contribution is -2.32. The van der Waals surface area contributed by atoms with Gasteiger partial charge in [0.05, 0.1) is 18.1 Å². The van der Waals surface area contributed by atoms with Crippen molar-refractivity contribution < 1.29 is 13.2 Å². The van der Waals surface area contributed by atoms with Crippen LogP contribution in [0.5, 0.6) is 0 Å². The summed E-state index contributed by atoms with van der Waals surface area (Å²) >= 11 is 0. The van der Waals surface area contributed by atoms with Gasteiger partial charge in [0.15, 0.2) is 0 Å². The van der Waals surface area contributed by atoms with E-state index in [1.54, 1.807) is 28.6 Å². The highest BCUT2D eigenvalue weighted by molar-refractivity contribution is 7.89. The summed E-state index contributed by atoms with van der Waals surface area (Å²) in [5.74, 6) is 1.51. The van der Waals surface area contributed by atoms with E-state index in [0.29, 0.717) is 35.7 Å². The van der Waals surface area contributed by atoms with E-state index in [1.165, 1.54) is 0 Å². The molecule has 2 atom stereocenters. The Bertz CT molecular complexity index is 619. The van der Waals surface area contributed by atoms with Crippen molar-refractivity contribution in [3.63, 3.8) is 0 Å². The molecule has 0 radical (unpaired) electrons. The van der Waals surface area contributed by atoms with Gasteiger partial charge < -0.3 is 9.64 Å². The highest BCUT2D eigenvalue weighted by Crippen LogP contribution is 2.52. The number of piperidine rings is 1. The fourth-order valence-electron chi connectivity index (χ4n) is 3.75. The van der Waals surface area contributed by atoms with E-state index in [9.17, 15) is 8.42 Å². The number of nitrogens with zero attached hydrogens (tertiary/aromatic N) is 2. The molecule has 1 aromatic carbocycles. The number of fused-ring (bicyclic) bond motifs is 1. The van der Waals surface area contributed by atoms with Gasteiger partial charge >= 0.3 is 0 Å². The van der Waals surface area contributed by atoms with Crippen LogP contribution in [-0.4, -0.2) is 63.6 Å². The van der Waals surface area contributed by atoms with Crippen LogP contribution in [0.3, 0.4) is 0 Å². The van der Waals surface area contributed by atoms with Crippen molar-refractivity contribution in [2.45, 2.75) is 18.7 Å². The fourth-order valence-corrected chi connectivity index (χ4v) is 5.28. The molecule has 1 aliphatic heterocycles. The Labute approximate surface area is 145 Å². The Kier molecular flexibility index (Phi) is 5.59. The number of sulfonamides is 1. The summed E-state index contributed by atoms with van der Waals surface area (Å²) in [6, 6.07) is 8.73. The second-order valence-corrected chi connectivity index (χ2v) is 8.67. The third-order valence-electron chi connectivity index (χ3n) is 5.48. The average Bonchev–Trinajstić information content (AvgIpc) is 3.04. The molecule has 1 heterocycles. The van der Waals surface area contributed by atoms with Gasteiger partial charge in [0, 0.05) is 19.6 Å². The zero-order valence-corrected chi connectivity index (χ0v) is 15.4. The Balaban J connectivity index is 1.43. The van der Waals surface area contributed by atoms with E-state index in [-0.39, 0.29) is 0 Å². The molecule has 134 valence electrons. The van der Waals surface area contributed by atoms with Crippen molar-refractivity contribution in [1.82, 2.24) is 9.21 Å². The van der Waals surface area contributed by atoms with Gasteiger partial charge in [-0.3, -0.25) is 0 Å². The number of likely N-dealkylation sites (N-methyl/N-ethyl adjacent to an activating group) is 1. The van der Waals surface area contributed by atoms with Crippen molar-refractivity contribution >= 4 is 10.0 Å². The Morgan fingerprint density at radius 2 is 1.75 bits per heavy atom. The summed E-state index contributed by atoms with van der Waals surface area (Å²) in [4.78, 5) is 2.75. The highest BCUT2D eigenvalue weighted by atomic mass is 32.2. The number of rotatable bonds is 9. The number of hydrogen-bond donors (Lipinski definition) is 0. The van der Waals surface area contributed by atoms with Gasteiger partial charge in [-0.2, -0.15) is 4.31 Å². The third-order valence-corrected chi connectivity index (χ3v) is 7.32. The summed E-state index contributed by atoms with van der Waals surface area (Å²) in [5.41, 5.74) is 0. The smallest absolute Gasteiger partial charge is 0.243 e. The quantitative estimate of drug-likeness (QED) is 0.637. The van der Waals surface area contributed by atoms with Crippen LogP contribution in [-0.2, 0) is 14.8 Å². The first-order chi connectivity index (χ1) is 11.6. The minimum Gasteiger partial charge on any atom is -0.380 e. The summed E-state index contributed by atoms with van der Waals surface area (Å²) in [5, 5.41) is 0. The minimum absolute atomic E-state index is 0.401. The van der Waals surface area contributed by atoms with Crippen molar-refractivity contribution in [3.8, 4) is 0 Å². The molecule has 5 nitrogen and oxygen atoms in total. The molecule has 6 heteroatoms. The molecular formula is C18H28N2O3S. The first-order valence-corrected chi connectivity index (χ1v) is 10.4. The SMILES string of the molecule is CCN(CC)CCOCC1C2CN(S(=O)(=O)c3ccccc3)CC12. The van der Waals surface area contributed by atoms with Crippen LogP contribution in [0, 0.1) is 17.8 Å². The number of hydrogen-bond acceptors (Lipinski definition) is 4. The molecule has 0 spiro atoms. The maximum Gasteiger partial charge on any atom is 0.243 e. The van der Waals surface area contributed by atoms with Crippen LogP contribution in [0.2, 0.25) is 0 Å². The van der Waals surface area contributed by atoms with E-state index < -0.39 is 10.0 Å². The predicted octanol–water partition coefficient (Wildman–Crippen LogP) is 1.91. The monoisotopic (exact) mass is 352 g/mol. The van der Waals surface area contributed by atoms with Gasteiger partial charge in [-0.15, -0.1) is 0 Å². The summed E-state index contributed by atoms with van der Waals surface area (Å²) < 4.78 is 32.7. The maximum absolute atomic E-state index is 12.6. The molecule has 0 amide bonds. The van der Waals surface area contributed by atoms with Gasteiger partial charge in [0.2, 0.25) is 10.0 Å². The van der Waals surface area contributed by atoms with Gasteiger partial charge in [0.25, 0.3) is 0 Å². The Morgan fingerprint density at radius 3 is 2.33 bits per heavy atom. The van der Waals surface area contributed by atoms with Crippen molar-refractivity contribution in [1.29, 1.82) is 0 Å². The van der Waals surface area contributed by atoms with Crippen LogP contribution < -0.4 is 0 Å². The normalized spacial score (nSPS) is 26.7. The van der Waals surface area contributed by atoms with Crippen LogP contribution in [0.15, 0.2) is 35.2 Å². The lowest BCUT2D eigenvalue weighted by molar-refractivity contribution is 0.0915. The summed E-state index contributed by atoms with van der Waals surface area (Å²) in [6.07, 6.45) is 0. The van der Waals surface area contributed by atoms with E-state index >= 15 is 0 Å². The van der Waals surface area contributed by atoms with Crippen molar-refractivity contribution in [2.24, 2.45) is 17.8 Å². The lowest BCUT2D eigenvalue weighted by atomic mass is 10.3. The first-order valence-electron chi connectivity index (χ1n) is 8.93. The Hall–Kier alpha value is -0.950. The number of ether oxygens (including phenoxy) is 1. The van der Waals surface area contributed by atoms with Crippen LogP contribution >= 0.6 is 0 Å². The highest BCUT2D eigenvalue weighted by Gasteiger charge is 2.57. The van der Waals surface area contributed by atoms with Gasteiger partial charge in [-0.25, -0.2) is 8.42 Å². The molecule has 1 aromatic rings. The molecule has 0 bridgehead atoms. The van der Waals surface area contributed by atoms with Crippen molar-refractivity contribution in [2.75, 3.05) is 45.9 Å². The second kappa shape index (κ2) is 7.52. The van der Waals surface area contributed by atoms with Gasteiger partial charge in [-0.05, 0) is 43.0 Å². The standard InChI is InChI=1S/C18H28N2O3S/c1-3-19(4-2)10-11-23-14-18-16-12-20(13-17(16)18)24(21,22)15-8-6-5-7-9-15/h5-9,16-18H,3-4,10-14H2,1-2H3. The molecular weight excluding hydrogens is 324 g/mol. The zero-order chi connectivity index (χ0) is 17.2.